The highest BCUT2D eigenvalue weighted by atomic mass is 16.5. The minimum Gasteiger partial charge on any atom is -0.497 e. The van der Waals surface area contributed by atoms with Crippen molar-refractivity contribution in [3.63, 3.8) is 0 Å². The van der Waals surface area contributed by atoms with Crippen molar-refractivity contribution in [3.05, 3.63) is 97.3 Å². The van der Waals surface area contributed by atoms with Crippen molar-refractivity contribution < 1.29 is 9.47 Å². The molecule has 6 heteroatoms. The van der Waals surface area contributed by atoms with Crippen LogP contribution in [0.3, 0.4) is 0 Å². The van der Waals surface area contributed by atoms with E-state index in [-0.39, 0.29) is 12.3 Å². The van der Waals surface area contributed by atoms with Crippen LogP contribution in [-0.4, -0.2) is 23.3 Å². The van der Waals surface area contributed by atoms with Gasteiger partial charge in [-0.05, 0) is 49.2 Å². The van der Waals surface area contributed by atoms with Gasteiger partial charge in [0, 0.05) is 35.4 Å². The smallest absolute Gasteiger partial charge is 0.330 e. The third kappa shape index (κ3) is 5.53. The molecule has 0 aliphatic rings. The SMILES string of the molecule is CCOCn1c(Cc2cccc(C#Cc3cccc(OC)c3)c2)c(CC)c(=O)[nH]c1=O. The molecule has 31 heavy (non-hydrogen) atoms. The number of ether oxygens (including phenoxy) is 2. The Morgan fingerprint density at radius 2 is 1.71 bits per heavy atom. The lowest BCUT2D eigenvalue weighted by Crippen LogP contribution is -2.36. The van der Waals surface area contributed by atoms with Gasteiger partial charge in [0.05, 0.1) is 7.11 Å². The lowest BCUT2D eigenvalue weighted by molar-refractivity contribution is 0.0822. The van der Waals surface area contributed by atoms with Crippen LogP contribution in [0.5, 0.6) is 5.75 Å². The summed E-state index contributed by atoms with van der Waals surface area (Å²) in [5, 5.41) is 0. The van der Waals surface area contributed by atoms with Crippen LogP contribution < -0.4 is 16.0 Å². The molecule has 2 aromatic carbocycles. The van der Waals surface area contributed by atoms with Crippen LogP contribution in [0, 0.1) is 11.8 Å². The molecule has 1 N–H and O–H groups in total. The largest absolute Gasteiger partial charge is 0.497 e. The van der Waals surface area contributed by atoms with Crippen molar-refractivity contribution >= 4 is 0 Å². The van der Waals surface area contributed by atoms with Crippen LogP contribution in [0.4, 0.5) is 0 Å². The molecule has 0 saturated carbocycles. The summed E-state index contributed by atoms with van der Waals surface area (Å²) in [4.78, 5) is 27.1. The highest BCUT2D eigenvalue weighted by Gasteiger charge is 2.14. The molecule has 0 unspecified atom stereocenters. The van der Waals surface area contributed by atoms with Gasteiger partial charge >= 0.3 is 5.69 Å². The summed E-state index contributed by atoms with van der Waals surface area (Å²) >= 11 is 0. The zero-order valence-corrected chi connectivity index (χ0v) is 18.0. The highest BCUT2D eigenvalue weighted by Crippen LogP contribution is 2.14. The Kier molecular flexibility index (Phi) is 7.47. The fourth-order valence-corrected chi connectivity index (χ4v) is 3.34. The second kappa shape index (κ2) is 10.5. The van der Waals surface area contributed by atoms with Crippen LogP contribution in [0.15, 0.2) is 58.1 Å². The van der Waals surface area contributed by atoms with Crippen molar-refractivity contribution in [1.82, 2.24) is 9.55 Å². The van der Waals surface area contributed by atoms with Gasteiger partial charge in [0.25, 0.3) is 5.56 Å². The molecule has 0 aliphatic carbocycles. The second-order valence-electron chi connectivity index (χ2n) is 6.95. The number of nitrogens with zero attached hydrogens (tertiary/aromatic N) is 1. The molecule has 0 bridgehead atoms. The van der Waals surface area contributed by atoms with Crippen LogP contribution in [0.25, 0.3) is 0 Å². The molecule has 1 heterocycles. The van der Waals surface area contributed by atoms with Crippen molar-refractivity contribution in [2.75, 3.05) is 13.7 Å². The fourth-order valence-electron chi connectivity index (χ4n) is 3.34. The van der Waals surface area contributed by atoms with Crippen LogP contribution in [-0.2, 0) is 24.3 Å². The van der Waals surface area contributed by atoms with Crippen LogP contribution in [0.1, 0.15) is 41.8 Å². The lowest BCUT2D eigenvalue weighted by atomic mass is 10.0. The number of nitrogens with one attached hydrogen (secondary N) is 1. The second-order valence-corrected chi connectivity index (χ2v) is 6.95. The number of aromatic amines is 1. The van der Waals surface area contributed by atoms with Gasteiger partial charge in [0.15, 0.2) is 0 Å². The first-order chi connectivity index (χ1) is 15.0. The van der Waals surface area contributed by atoms with E-state index in [9.17, 15) is 9.59 Å². The first-order valence-corrected chi connectivity index (χ1v) is 10.2. The van der Waals surface area contributed by atoms with Crippen molar-refractivity contribution in [1.29, 1.82) is 0 Å². The van der Waals surface area contributed by atoms with Gasteiger partial charge in [-0.1, -0.05) is 37.0 Å². The van der Waals surface area contributed by atoms with E-state index in [0.29, 0.717) is 30.7 Å². The molecule has 0 atom stereocenters. The number of aromatic nitrogens is 2. The maximum absolute atomic E-state index is 12.4. The summed E-state index contributed by atoms with van der Waals surface area (Å²) < 4.78 is 12.2. The summed E-state index contributed by atoms with van der Waals surface area (Å²) in [6, 6.07) is 15.4. The van der Waals surface area contributed by atoms with Gasteiger partial charge in [-0.25, -0.2) is 4.79 Å². The Hall–Kier alpha value is -3.56. The third-order valence-electron chi connectivity index (χ3n) is 4.91. The number of hydrogen-bond acceptors (Lipinski definition) is 4. The summed E-state index contributed by atoms with van der Waals surface area (Å²) in [6.45, 7) is 4.34. The first-order valence-electron chi connectivity index (χ1n) is 10.2. The van der Waals surface area contributed by atoms with E-state index < -0.39 is 5.69 Å². The summed E-state index contributed by atoms with van der Waals surface area (Å²) in [5.74, 6) is 7.08. The number of H-pyrrole nitrogens is 1. The van der Waals surface area contributed by atoms with Gasteiger partial charge in [0.2, 0.25) is 0 Å². The molecule has 0 fully saturated rings. The molecule has 1 aromatic heterocycles. The van der Waals surface area contributed by atoms with Gasteiger partial charge in [-0.3, -0.25) is 14.3 Å². The molecular formula is C25H26N2O4. The normalized spacial score (nSPS) is 10.4. The zero-order valence-electron chi connectivity index (χ0n) is 18.0. The zero-order chi connectivity index (χ0) is 22.2. The maximum atomic E-state index is 12.4. The predicted molar refractivity (Wildman–Crippen MR) is 121 cm³/mol. The number of methoxy groups -OCH3 is 1. The quantitative estimate of drug-likeness (QED) is 0.599. The van der Waals surface area contributed by atoms with Crippen LogP contribution >= 0.6 is 0 Å². The van der Waals surface area contributed by atoms with E-state index in [1.807, 2.05) is 62.4 Å². The molecule has 6 nitrogen and oxygen atoms in total. The minimum atomic E-state index is -0.459. The molecule has 160 valence electrons. The molecular weight excluding hydrogens is 392 g/mol. The van der Waals surface area contributed by atoms with Crippen LogP contribution in [0.2, 0.25) is 0 Å². The molecule has 3 aromatic rings. The van der Waals surface area contributed by atoms with E-state index in [4.69, 9.17) is 9.47 Å². The van der Waals surface area contributed by atoms with Gasteiger partial charge < -0.3 is 9.47 Å². The average molecular weight is 418 g/mol. The molecule has 0 saturated heterocycles. The lowest BCUT2D eigenvalue weighted by Gasteiger charge is -2.15. The molecule has 3 rings (SSSR count). The van der Waals surface area contributed by atoms with Crippen molar-refractivity contribution in [3.8, 4) is 17.6 Å². The molecule has 0 spiro atoms. The molecule has 0 aliphatic heterocycles. The monoisotopic (exact) mass is 418 g/mol. The Balaban J connectivity index is 1.95. The van der Waals surface area contributed by atoms with E-state index >= 15 is 0 Å². The number of benzene rings is 2. The highest BCUT2D eigenvalue weighted by molar-refractivity contribution is 5.46. The Morgan fingerprint density at radius 1 is 1.00 bits per heavy atom. The number of hydrogen-bond donors (Lipinski definition) is 1. The van der Waals surface area contributed by atoms with E-state index in [1.54, 1.807) is 7.11 Å². The first kappa shape index (κ1) is 22.1. The van der Waals surface area contributed by atoms with E-state index in [1.165, 1.54) is 4.57 Å². The standard InChI is InChI=1S/C25H26N2O4/c1-4-22-23(27(17-31-5-2)25(29)26-24(22)28)16-20-10-6-8-18(14-20)12-13-19-9-7-11-21(15-19)30-3/h6-11,14-15H,4-5,16-17H2,1-3H3,(H,26,28,29). The third-order valence-corrected chi connectivity index (χ3v) is 4.91. The summed E-state index contributed by atoms with van der Waals surface area (Å²) in [7, 11) is 1.63. The average Bonchev–Trinajstić information content (AvgIpc) is 2.78. The fraction of sp³-hybridized carbons (Fsp3) is 0.280. The minimum absolute atomic E-state index is 0.101. The molecule has 0 amide bonds. The van der Waals surface area contributed by atoms with E-state index in [0.717, 1.165) is 22.4 Å². The predicted octanol–water partition coefficient (Wildman–Crippen LogP) is 3.09. The van der Waals surface area contributed by atoms with Gasteiger partial charge in [-0.2, -0.15) is 0 Å². The summed E-state index contributed by atoms with van der Waals surface area (Å²) in [6.07, 6.45) is 0.955. The maximum Gasteiger partial charge on any atom is 0.330 e. The molecule has 0 radical (unpaired) electrons. The van der Waals surface area contributed by atoms with Gasteiger partial charge in [0.1, 0.15) is 12.5 Å². The van der Waals surface area contributed by atoms with Crippen molar-refractivity contribution in [2.45, 2.75) is 33.4 Å². The Morgan fingerprint density at radius 3 is 2.39 bits per heavy atom. The van der Waals surface area contributed by atoms with Crippen molar-refractivity contribution in [2.24, 2.45) is 0 Å². The Labute approximate surface area is 181 Å². The topological polar surface area (TPSA) is 73.3 Å². The number of rotatable bonds is 7. The van der Waals surface area contributed by atoms with E-state index in [2.05, 4.69) is 16.8 Å². The van der Waals surface area contributed by atoms with Gasteiger partial charge in [-0.15, -0.1) is 0 Å². The Bertz CT molecular complexity index is 1230. The summed E-state index contributed by atoms with van der Waals surface area (Å²) in [5.41, 5.74) is 3.13.